The average Bonchev–Trinajstić information content (AvgIpc) is 2.85. The van der Waals surface area contributed by atoms with Crippen LogP contribution < -0.4 is 10.1 Å². The zero-order valence-corrected chi connectivity index (χ0v) is 12.6. The maximum absolute atomic E-state index is 11.5. The third-order valence-corrected chi connectivity index (χ3v) is 4.75. The quantitative estimate of drug-likeness (QED) is 0.651. The van der Waals surface area contributed by atoms with Gasteiger partial charge in [0.1, 0.15) is 0 Å². The van der Waals surface area contributed by atoms with Crippen molar-refractivity contribution in [3.8, 4) is 0 Å². The summed E-state index contributed by atoms with van der Waals surface area (Å²) < 4.78 is 25.4. The minimum absolute atomic E-state index is 0.223. The molecular formula is C12H14N4O2S2. The first-order chi connectivity index (χ1) is 9.51. The van der Waals surface area contributed by atoms with Crippen LogP contribution in [0.15, 0.2) is 39.6 Å². The van der Waals surface area contributed by atoms with Gasteiger partial charge in [-0.2, -0.15) is 5.10 Å². The molecular weight excluding hydrogens is 296 g/mol. The predicted molar refractivity (Wildman–Crippen MR) is 80.8 cm³/mol. The molecule has 1 aromatic heterocycles. The molecule has 20 heavy (non-hydrogen) atoms. The van der Waals surface area contributed by atoms with E-state index in [4.69, 9.17) is 0 Å². The number of benzene rings is 1. The largest absolute Gasteiger partial charge is 0.253 e. The highest BCUT2D eigenvalue weighted by Gasteiger charge is 2.09. The van der Waals surface area contributed by atoms with E-state index in [0.29, 0.717) is 5.13 Å². The number of rotatable bonds is 5. The van der Waals surface area contributed by atoms with E-state index in [9.17, 15) is 8.42 Å². The summed E-state index contributed by atoms with van der Waals surface area (Å²) in [7, 11) is -2.01. The van der Waals surface area contributed by atoms with Crippen LogP contribution in [-0.4, -0.2) is 26.7 Å². The zero-order chi connectivity index (χ0) is 14.6. The Morgan fingerprint density at radius 3 is 2.55 bits per heavy atom. The van der Waals surface area contributed by atoms with Gasteiger partial charge in [0.2, 0.25) is 15.2 Å². The third kappa shape index (κ3) is 3.62. The lowest BCUT2D eigenvalue weighted by molar-refractivity contribution is 0.588. The fourth-order valence-corrected chi connectivity index (χ4v) is 2.79. The molecule has 2 aromatic rings. The van der Waals surface area contributed by atoms with Crippen molar-refractivity contribution >= 4 is 32.7 Å². The normalized spacial score (nSPS) is 11.9. The number of aryl methyl sites for hydroxylation is 1. The van der Waals surface area contributed by atoms with Crippen molar-refractivity contribution < 1.29 is 8.42 Å². The van der Waals surface area contributed by atoms with Gasteiger partial charge < -0.3 is 0 Å². The molecule has 6 nitrogen and oxygen atoms in total. The second-order valence-electron chi connectivity index (χ2n) is 3.94. The molecule has 2 rings (SSSR count). The van der Waals surface area contributed by atoms with Gasteiger partial charge in [0, 0.05) is 5.38 Å². The Morgan fingerprint density at radius 2 is 2.00 bits per heavy atom. The summed E-state index contributed by atoms with van der Waals surface area (Å²) in [6.45, 7) is 1.91. The van der Waals surface area contributed by atoms with Gasteiger partial charge in [0.05, 0.1) is 16.8 Å². The molecule has 0 aliphatic heterocycles. The predicted octanol–water partition coefficient (Wildman–Crippen LogP) is 1.81. The van der Waals surface area contributed by atoms with E-state index >= 15 is 0 Å². The lowest BCUT2D eigenvalue weighted by atomic mass is 10.2. The van der Waals surface area contributed by atoms with Crippen molar-refractivity contribution in [2.45, 2.75) is 11.8 Å². The van der Waals surface area contributed by atoms with Gasteiger partial charge in [-0.25, -0.2) is 18.1 Å². The molecule has 1 heterocycles. The van der Waals surface area contributed by atoms with Gasteiger partial charge in [-0.05, 0) is 31.7 Å². The number of hydrogen-bond acceptors (Lipinski definition) is 6. The number of aromatic nitrogens is 1. The molecule has 0 unspecified atom stereocenters. The molecule has 0 aliphatic rings. The highest BCUT2D eigenvalue weighted by Crippen LogP contribution is 2.14. The molecule has 0 bridgehead atoms. The number of sulfonamides is 1. The second-order valence-corrected chi connectivity index (χ2v) is 6.69. The van der Waals surface area contributed by atoms with Crippen LogP contribution in [-0.2, 0) is 10.0 Å². The Kier molecular flexibility index (Phi) is 4.48. The maximum Gasteiger partial charge on any atom is 0.240 e. The molecule has 8 heteroatoms. The van der Waals surface area contributed by atoms with Gasteiger partial charge in [0.15, 0.2) is 0 Å². The smallest absolute Gasteiger partial charge is 0.240 e. The Hall–Kier alpha value is -1.77. The van der Waals surface area contributed by atoms with E-state index in [1.165, 1.54) is 30.5 Å². The molecule has 0 amide bonds. The number of anilines is 1. The van der Waals surface area contributed by atoms with Crippen molar-refractivity contribution in [1.82, 2.24) is 9.71 Å². The molecule has 106 valence electrons. The van der Waals surface area contributed by atoms with Crippen LogP contribution in [0.4, 0.5) is 5.13 Å². The van der Waals surface area contributed by atoms with Crippen LogP contribution in [0, 0.1) is 6.92 Å². The molecule has 0 radical (unpaired) electrons. The average molecular weight is 310 g/mol. The van der Waals surface area contributed by atoms with Crippen molar-refractivity contribution in [1.29, 1.82) is 0 Å². The molecule has 0 atom stereocenters. The lowest BCUT2D eigenvalue weighted by Gasteiger charge is -2.02. The standard InChI is InChI=1S/C12H14N4O2S2/c1-9-8-19-12(15-9)16-14-7-10-3-5-11(6-4-10)20(17,18)13-2/h3-8,13H,1-2H3,(H,15,16). The number of nitrogens with zero attached hydrogens (tertiary/aromatic N) is 2. The zero-order valence-electron chi connectivity index (χ0n) is 11.0. The first-order valence-electron chi connectivity index (χ1n) is 5.76. The first kappa shape index (κ1) is 14.6. The summed E-state index contributed by atoms with van der Waals surface area (Å²) in [4.78, 5) is 4.43. The highest BCUT2D eigenvalue weighted by atomic mass is 32.2. The molecule has 0 fully saturated rings. The number of hydrogen-bond donors (Lipinski definition) is 2. The lowest BCUT2D eigenvalue weighted by Crippen LogP contribution is -2.18. The van der Waals surface area contributed by atoms with Crippen molar-refractivity contribution in [3.63, 3.8) is 0 Å². The van der Waals surface area contributed by atoms with Crippen molar-refractivity contribution in [2.24, 2.45) is 5.10 Å². The van der Waals surface area contributed by atoms with E-state index in [2.05, 4.69) is 20.2 Å². The van der Waals surface area contributed by atoms with Crippen LogP contribution in [0.1, 0.15) is 11.3 Å². The summed E-state index contributed by atoms with van der Waals surface area (Å²) in [6, 6.07) is 6.42. The van der Waals surface area contributed by atoms with E-state index in [-0.39, 0.29) is 4.90 Å². The summed E-state index contributed by atoms with van der Waals surface area (Å²) in [5.41, 5.74) is 4.55. The summed E-state index contributed by atoms with van der Waals surface area (Å²) >= 11 is 1.47. The van der Waals surface area contributed by atoms with Gasteiger partial charge >= 0.3 is 0 Å². The fourth-order valence-electron chi connectivity index (χ4n) is 1.42. The fraction of sp³-hybridized carbons (Fsp3) is 0.167. The molecule has 1 aromatic carbocycles. The SMILES string of the molecule is CNS(=O)(=O)c1ccc(C=NNc2nc(C)cs2)cc1. The van der Waals surface area contributed by atoms with Crippen molar-refractivity contribution in [3.05, 3.63) is 40.9 Å². The third-order valence-electron chi connectivity index (χ3n) is 2.45. The highest BCUT2D eigenvalue weighted by molar-refractivity contribution is 7.89. The van der Waals surface area contributed by atoms with Gasteiger partial charge in [0.25, 0.3) is 0 Å². The summed E-state index contributed by atoms with van der Waals surface area (Å²) in [5, 5.41) is 6.69. The van der Waals surface area contributed by atoms with Crippen LogP contribution in [0.2, 0.25) is 0 Å². The Balaban J connectivity index is 2.04. The van der Waals surface area contributed by atoms with Gasteiger partial charge in [-0.1, -0.05) is 12.1 Å². The summed E-state index contributed by atoms with van der Waals surface area (Å²) in [6.07, 6.45) is 1.60. The van der Waals surface area contributed by atoms with E-state index in [0.717, 1.165) is 11.3 Å². The molecule has 0 saturated heterocycles. The van der Waals surface area contributed by atoms with Crippen LogP contribution in [0.3, 0.4) is 0 Å². The van der Waals surface area contributed by atoms with E-state index < -0.39 is 10.0 Å². The van der Waals surface area contributed by atoms with Crippen molar-refractivity contribution in [2.75, 3.05) is 12.5 Å². The van der Waals surface area contributed by atoms with Gasteiger partial charge in [-0.3, -0.25) is 5.43 Å². The van der Waals surface area contributed by atoms with E-state index in [1.807, 2.05) is 12.3 Å². The first-order valence-corrected chi connectivity index (χ1v) is 8.12. The molecule has 0 aliphatic carbocycles. The minimum Gasteiger partial charge on any atom is -0.253 e. The Morgan fingerprint density at radius 1 is 1.30 bits per heavy atom. The monoisotopic (exact) mass is 310 g/mol. The minimum atomic E-state index is -3.39. The number of hydrazone groups is 1. The van der Waals surface area contributed by atoms with Crippen LogP contribution in [0.25, 0.3) is 0 Å². The van der Waals surface area contributed by atoms with Crippen LogP contribution in [0.5, 0.6) is 0 Å². The summed E-state index contributed by atoms with van der Waals surface area (Å²) in [5.74, 6) is 0. The second kappa shape index (κ2) is 6.12. The molecule has 2 N–H and O–H groups in total. The number of nitrogens with one attached hydrogen (secondary N) is 2. The number of thiazole rings is 1. The molecule has 0 spiro atoms. The Bertz CT molecular complexity index is 705. The maximum atomic E-state index is 11.5. The Labute approximate surface area is 121 Å². The van der Waals surface area contributed by atoms with E-state index in [1.54, 1.807) is 18.3 Å². The molecule has 0 saturated carbocycles. The van der Waals surface area contributed by atoms with Crippen LogP contribution >= 0.6 is 11.3 Å². The van der Waals surface area contributed by atoms with Gasteiger partial charge in [-0.15, -0.1) is 11.3 Å². The topological polar surface area (TPSA) is 83.5 Å².